The van der Waals surface area contributed by atoms with Crippen LogP contribution in [0.25, 0.3) is 11.0 Å². The van der Waals surface area contributed by atoms with Crippen molar-refractivity contribution in [2.75, 3.05) is 5.32 Å². The van der Waals surface area contributed by atoms with Crippen molar-refractivity contribution in [1.29, 1.82) is 5.26 Å². The van der Waals surface area contributed by atoms with Gasteiger partial charge in [0.05, 0.1) is 22.7 Å². The molecule has 0 bridgehead atoms. The van der Waals surface area contributed by atoms with E-state index < -0.39 is 6.10 Å². The van der Waals surface area contributed by atoms with Crippen molar-refractivity contribution in [2.24, 2.45) is 0 Å². The van der Waals surface area contributed by atoms with Crippen LogP contribution in [0.3, 0.4) is 0 Å². The molecule has 1 aliphatic rings. The van der Waals surface area contributed by atoms with Gasteiger partial charge in [-0.25, -0.2) is 4.98 Å². The Morgan fingerprint density at radius 1 is 1.33 bits per heavy atom. The summed E-state index contributed by atoms with van der Waals surface area (Å²) in [6.45, 7) is 1.68. The first-order valence-electron chi connectivity index (χ1n) is 9.10. The monoisotopic (exact) mass is 360 g/mol. The topological polar surface area (TPSA) is 90.8 Å². The van der Waals surface area contributed by atoms with Crippen molar-refractivity contribution in [3.63, 3.8) is 0 Å². The third-order valence-electron chi connectivity index (χ3n) is 4.90. The summed E-state index contributed by atoms with van der Waals surface area (Å²) in [7, 11) is 0. The van der Waals surface area contributed by atoms with Gasteiger partial charge >= 0.3 is 0 Å². The maximum absolute atomic E-state index is 12.4. The van der Waals surface area contributed by atoms with Crippen molar-refractivity contribution >= 4 is 22.6 Å². The van der Waals surface area contributed by atoms with E-state index in [2.05, 4.69) is 21.4 Å². The Morgan fingerprint density at radius 2 is 2.19 bits per heavy atom. The van der Waals surface area contributed by atoms with Gasteiger partial charge in [0, 0.05) is 11.6 Å². The number of fused-ring (bicyclic) bond motifs is 1. The number of hydrogen-bond donors (Lipinski definition) is 2. The number of nitrogens with zero attached hydrogens (tertiary/aromatic N) is 2. The molecule has 3 aromatic rings. The molecule has 0 saturated heterocycles. The van der Waals surface area contributed by atoms with Gasteiger partial charge in [-0.15, -0.1) is 0 Å². The van der Waals surface area contributed by atoms with Crippen LogP contribution in [0.2, 0.25) is 0 Å². The largest absolute Gasteiger partial charge is 0.481 e. The molecule has 0 radical (unpaired) electrons. The first kappa shape index (κ1) is 17.1. The Balaban J connectivity index is 1.44. The molecular formula is C21H20N4O2. The zero-order chi connectivity index (χ0) is 18.8. The Morgan fingerprint density at radius 3 is 2.93 bits per heavy atom. The first-order valence-corrected chi connectivity index (χ1v) is 9.10. The molecule has 6 nitrogen and oxygen atoms in total. The summed E-state index contributed by atoms with van der Waals surface area (Å²) in [5.41, 5.74) is 3.02. The van der Waals surface area contributed by atoms with E-state index in [9.17, 15) is 4.79 Å². The molecule has 27 heavy (non-hydrogen) atoms. The van der Waals surface area contributed by atoms with Gasteiger partial charge in [-0.05, 0) is 56.2 Å². The molecule has 1 fully saturated rings. The molecule has 0 aliphatic heterocycles. The Labute approximate surface area is 157 Å². The lowest BCUT2D eigenvalue weighted by atomic mass is 9.85. The minimum absolute atomic E-state index is 0.254. The predicted molar refractivity (Wildman–Crippen MR) is 103 cm³/mol. The number of rotatable bonds is 5. The quantitative estimate of drug-likeness (QED) is 0.716. The third-order valence-corrected chi connectivity index (χ3v) is 4.90. The fourth-order valence-corrected chi connectivity index (χ4v) is 3.12. The van der Waals surface area contributed by atoms with Crippen molar-refractivity contribution in [3.05, 3.63) is 53.9 Å². The minimum atomic E-state index is -0.693. The van der Waals surface area contributed by atoms with Crippen LogP contribution in [-0.4, -0.2) is 22.0 Å². The Hall–Kier alpha value is -3.33. The molecule has 1 heterocycles. The highest BCUT2D eigenvalue weighted by Crippen LogP contribution is 2.35. The summed E-state index contributed by atoms with van der Waals surface area (Å²) in [6.07, 6.45) is 2.94. The van der Waals surface area contributed by atoms with E-state index in [1.165, 1.54) is 19.3 Å². The highest BCUT2D eigenvalue weighted by atomic mass is 16.5. The maximum atomic E-state index is 12.4. The van der Waals surface area contributed by atoms with E-state index >= 15 is 0 Å². The fourth-order valence-electron chi connectivity index (χ4n) is 3.12. The van der Waals surface area contributed by atoms with Crippen LogP contribution < -0.4 is 10.1 Å². The number of nitriles is 1. The molecule has 1 saturated carbocycles. The van der Waals surface area contributed by atoms with E-state index in [0.717, 1.165) is 16.9 Å². The number of imidazole rings is 1. The van der Waals surface area contributed by atoms with Crippen LogP contribution in [-0.2, 0) is 4.79 Å². The van der Waals surface area contributed by atoms with Gasteiger partial charge in [0.15, 0.2) is 6.10 Å². The molecule has 2 N–H and O–H groups in total. The number of aromatic amines is 1. The number of amides is 1. The summed E-state index contributed by atoms with van der Waals surface area (Å²) >= 11 is 0. The molecule has 1 atom stereocenters. The van der Waals surface area contributed by atoms with Crippen LogP contribution in [0.15, 0.2) is 42.5 Å². The lowest BCUT2D eigenvalue weighted by Crippen LogP contribution is -2.30. The number of carbonyl (C=O) groups is 1. The number of nitrogens with one attached hydrogen (secondary N) is 2. The van der Waals surface area contributed by atoms with Gasteiger partial charge in [-0.2, -0.15) is 5.26 Å². The molecule has 1 amide bonds. The maximum Gasteiger partial charge on any atom is 0.265 e. The minimum Gasteiger partial charge on any atom is -0.481 e. The smallest absolute Gasteiger partial charge is 0.265 e. The summed E-state index contributed by atoms with van der Waals surface area (Å²) < 4.78 is 5.65. The normalized spacial score (nSPS) is 15.0. The van der Waals surface area contributed by atoms with Gasteiger partial charge in [-0.3, -0.25) is 4.79 Å². The highest BCUT2D eigenvalue weighted by molar-refractivity contribution is 5.95. The number of aromatic nitrogens is 2. The second kappa shape index (κ2) is 7.12. The van der Waals surface area contributed by atoms with Gasteiger partial charge in [-0.1, -0.05) is 12.5 Å². The predicted octanol–water partition coefficient (Wildman–Crippen LogP) is 4.11. The lowest BCUT2D eigenvalue weighted by molar-refractivity contribution is -0.122. The van der Waals surface area contributed by atoms with Crippen LogP contribution in [0.5, 0.6) is 5.75 Å². The number of H-pyrrole nitrogens is 1. The zero-order valence-electron chi connectivity index (χ0n) is 15.0. The van der Waals surface area contributed by atoms with Crippen molar-refractivity contribution in [1.82, 2.24) is 9.97 Å². The summed E-state index contributed by atoms with van der Waals surface area (Å²) in [6, 6.07) is 14.5. The van der Waals surface area contributed by atoms with E-state index in [-0.39, 0.29) is 5.91 Å². The van der Waals surface area contributed by atoms with E-state index in [1.807, 2.05) is 18.2 Å². The zero-order valence-corrected chi connectivity index (χ0v) is 15.0. The molecule has 1 aliphatic carbocycles. The van der Waals surface area contributed by atoms with Crippen molar-refractivity contribution in [2.45, 2.75) is 38.2 Å². The van der Waals surface area contributed by atoms with Gasteiger partial charge in [0.25, 0.3) is 5.91 Å². The third kappa shape index (κ3) is 3.63. The van der Waals surface area contributed by atoms with Crippen LogP contribution in [0, 0.1) is 11.3 Å². The lowest BCUT2D eigenvalue weighted by Gasteiger charge is -2.22. The van der Waals surface area contributed by atoms with Crippen LogP contribution in [0.4, 0.5) is 5.69 Å². The number of carbonyl (C=O) groups excluding carboxylic acids is 1. The van der Waals surface area contributed by atoms with Crippen molar-refractivity contribution < 1.29 is 9.53 Å². The highest BCUT2D eigenvalue weighted by Gasteiger charge is 2.23. The Bertz CT molecular complexity index is 1030. The van der Waals surface area contributed by atoms with Crippen LogP contribution >= 0.6 is 0 Å². The molecule has 6 heteroatoms. The number of anilines is 1. The summed E-state index contributed by atoms with van der Waals surface area (Å²) in [4.78, 5) is 20.5. The summed E-state index contributed by atoms with van der Waals surface area (Å²) in [5.74, 6) is 1.81. The standard InChI is InChI=1S/C21H20N4O2/c1-13(27-17-7-2-4-14(10-17)12-22)21(26)23-16-8-9-18-19(11-16)25-20(24-18)15-5-3-6-15/h2,4,7-11,13,15H,3,5-6H2,1H3,(H,23,26)(H,24,25). The number of benzene rings is 2. The van der Waals surface area contributed by atoms with Crippen molar-refractivity contribution in [3.8, 4) is 11.8 Å². The van der Waals surface area contributed by atoms with Gasteiger partial charge in [0.2, 0.25) is 0 Å². The summed E-state index contributed by atoms with van der Waals surface area (Å²) in [5, 5.41) is 11.8. The SMILES string of the molecule is CC(Oc1cccc(C#N)c1)C(=O)Nc1ccc2nc(C3CCC3)[nH]c2c1. The molecule has 2 aromatic carbocycles. The fraction of sp³-hybridized carbons (Fsp3) is 0.286. The van der Waals surface area contributed by atoms with E-state index in [1.54, 1.807) is 31.2 Å². The molecule has 136 valence electrons. The molecule has 1 unspecified atom stereocenters. The van der Waals surface area contributed by atoms with Gasteiger partial charge < -0.3 is 15.0 Å². The van der Waals surface area contributed by atoms with E-state index in [4.69, 9.17) is 10.00 Å². The van der Waals surface area contributed by atoms with Gasteiger partial charge in [0.1, 0.15) is 11.6 Å². The average Bonchev–Trinajstić information content (AvgIpc) is 3.02. The Kier molecular flexibility index (Phi) is 4.51. The molecular weight excluding hydrogens is 340 g/mol. The first-order chi connectivity index (χ1) is 13.1. The second-order valence-electron chi connectivity index (χ2n) is 6.87. The molecule has 4 rings (SSSR count). The molecule has 0 spiro atoms. The second-order valence-corrected chi connectivity index (χ2v) is 6.87. The number of hydrogen-bond acceptors (Lipinski definition) is 4. The number of ether oxygens (including phenoxy) is 1. The average molecular weight is 360 g/mol. The van der Waals surface area contributed by atoms with E-state index in [0.29, 0.717) is 22.9 Å². The molecule has 1 aromatic heterocycles. The van der Waals surface area contributed by atoms with Crippen LogP contribution in [0.1, 0.15) is 43.5 Å².